The molecular weight excluding hydrogens is 332 g/mol. The van der Waals surface area contributed by atoms with E-state index in [1.54, 1.807) is 0 Å². The lowest BCUT2D eigenvalue weighted by molar-refractivity contribution is -0.140. The van der Waals surface area contributed by atoms with Crippen molar-refractivity contribution in [2.75, 3.05) is 20.8 Å². The number of carbonyl (C=O) groups excluding carboxylic acids is 2. The van der Waals surface area contributed by atoms with Gasteiger partial charge in [0.15, 0.2) is 0 Å². The molecule has 1 unspecified atom stereocenters. The van der Waals surface area contributed by atoms with E-state index in [9.17, 15) is 9.59 Å². The van der Waals surface area contributed by atoms with Crippen LogP contribution < -0.4 is 0 Å². The van der Waals surface area contributed by atoms with Crippen LogP contribution in [0.25, 0.3) is 0 Å². The number of hydrogen-bond acceptors (Lipinski definition) is 5. The molecule has 5 nitrogen and oxygen atoms in total. The van der Waals surface area contributed by atoms with Gasteiger partial charge in [0.2, 0.25) is 0 Å². The van der Waals surface area contributed by atoms with Gasteiger partial charge < -0.3 is 14.2 Å². The van der Waals surface area contributed by atoms with Crippen molar-refractivity contribution in [3.63, 3.8) is 0 Å². The van der Waals surface area contributed by atoms with Gasteiger partial charge in [-0.3, -0.25) is 0 Å². The van der Waals surface area contributed by atoms with E-state index in [2.05, 4.69) is 18.7 Å². The summed E-state index contributed by atoms with van der Waals surface area (Å²) in [6.07, 6.45) is 9.80. The molecule has 3 aliphatic carbocycles. The summed E-state index contributed by atoms with van der Waals surface area (Å²) in [4.78, 5) is 25.0. The lowest BCUT2D eigenvalue weighted by Crippen LogP contribution is -2.33. The van der Waals surface area contributed by atoms with Crippen LogP contribution in [0, 0.1) is 29.6 Å². The van der Waals surface area contributed by atoms with Gasteiger partial charge in [-0.05, 0) is 42.1 Å². The molecule has 26 heavy (non-hydrogen) atoms. The second-order valence-electron chi connectivity index (χ2n) is 7.45. The lowest BCUT2D eigenvalue weighted by atomic mass is 9.70. The van der Waals surface area contributed by atoms with Gasteiger partial charge in [-0.25, -0.2) is 9.59 Å². The van der Waals surface area contributed by atoms with Crippen molar-refractivity contribution in [1.82, 2.24) is 0 Å². The van der Waals surface area contributed by atoms with E-state index in [1.807, 2.05) is 12.2 Å². The van der Waals surface area contributed by atoms with Gasteiger partial charge in [-0.2, -0.15) is 0 Å². The lowest BCUT2D eigenvalue weighted by Gasteiger charge is -2.32. The number of methoxy groups -OCH3 is 2. The molecule has 6 atom stereocenters. The fourth-order valence-electron chi connectivity index (χ4n) is 5.43. The van der Waals surface area contributed by atoms with Crippen molar-refractivity contribution in [1.29, 1.82) is 0 Å². The van der Waals surface area contributed by atoms with Crippen molar-refractivity contribution >= 4 is 11.9 Å². The Kier molecular flexibility index (Phi) is 4.35. The zero-order chi connectivity index (χ0) is 18.4. The second kappa shape index (κ2) is 6.54. The smallest absolute Gasteiger partial charge is 0.334 e. The molecule has 0 spiro atoms. The Balaban J connectivity index is 1.83. The number of rotatable bonds is 3. The molecule has 0 bridgehead atoms. The molecule has 1 aliphatic heterocycles. The van der Waals surface area contributed by atoms with Gasteiger partial charge in [0.25, 0.3) is 0 Å². The average Bonchev–Trinajstić information content (AvgIpc) is 3.20. The summed E-state index contributed by atoms with van der Waals surface area (Å²) in [7, 11) is 2.70. The van der Waals surface area contributed by atoms with Crippen molar-refractivity contribution in [2.24, 2.45) is 29.6 Å². The third kappa shape index (κ3) is 2.41. The van der Waals surface area contributed by atoms with E-state index in [0.29, 0.717) is 41.9 Å². The number of fused-ring (bicyclic) bond motifs is 2. The number of hydrogen-bond donors (Lipinski definition) is 0. The molecule has 0 amide bonds. The SMILES string of the molecule is C=C[C@H]1C[C@H]2C3C(=CCC(C(=O)OC)=C3C(=O)OC)CO[C@H]3C=C[C@@H]1[C@H]32. The van der Waals surface area contributed by atoms with Crippen LogP contribution in [0.2, 0.25) is 0 Å². The summed E-state index contributed by atoms with van der Waals surface area (Å²) in [5.74, 6) is 0.190. The minimum Gasteiger partial charge on any atom is -0.466 e. The van der Waals surface area contributed by atoms with Crippen molar-refractivity contribution in [3.8, 4) is 0 Å². The van der Waals surface area contributed by atoms with Crippen LogP contribution >= 0.6 is 0 Å². The highest BCUT2D eigenvalue weighted by Crippen LogP contribution is 2.57. The maximum absolute atomic E-state index is 12.7. The molecule has 4 rings (SSSR count). The van der Waals surface area contributed by atoms with Gasteiger partial charge in [0, 0.05) is 5.92 Å². The largest absolute Gasteiger partial charge is 0.466 e. The predicted molar refractivity (Wildman–Crippen MR) is 94.9 cm³/mol. The fraction of sp³-hybridized carbons (Fsp3) is 0.524. The average molecular weight is 356 g/mol. The molecule has 5 heteroatoms. The molecule has 0 aromatic heterocycles. The van der Waals surface area contributed by atoms with Crippen molar-refractivity contribution in [3.05, 3.63) is 47.6 Å². The second-order valence-corrected chi connectivity index (χ2v) is 7.45. The molecule has 0 N–H and O–H groups in total. The standard InChI is InChI=1S/C21H24O5/c1-4-11-9-15-17-12(10-26-16-8-7-13(11)18(15)16)5-6-14(20(22)24-2)19(17)21(23)25-3/h4-5,7-8,11,13,15-18H,1,6,9-10H2,2-3H3/t11-,13-,15-,16-,17?,18-/m0/s1. The summed E-state index contributed by atoms with van der Waals surface area (Å²) < 4.78 is 16.2. The Hall–Kier alpha value is -2.14. The normalized spacial score (nSPS) is 37.4. The predicted octanol–water partition coefficient (Wildman–Crippen LogP) is 2.60. The number of carbonyl (C=O) groups is 2. The van der Waals surface area contributed by atoms with E-state index < -0.39 is 11.9 Å². The highest BCUT2D eigenvalue weighted by molar-refractivity contribution is 6.02. The molecule has 4 aliphatic rings. The molecule has 138 valence electrons. The van der Waals surface area contributed by atoms with Gasteiger partial charge in [0.05, 0.1) is 38.1 Å². The van der Waals surface area contributed by atoms with Crippen LogP contribution in [0.3, 0.4) is 0 Å². The summed E-state index contributed by atoms with van der Waals surface area (Å²) in [6.45, 7) is 4.48. The Morgan fingerprint density at radius 3 is 2.69 bits per heavy atom. The summed E-state index contributed by atoms with van der Waals surface area (Å²) in [5, 5.41) is 0. The molecule has 0 aromatic carbocycles. The third-order valence-corrected chi connectivity index (χ3v) is 6.49. The van der Waals surface area contributed by atoms with Crippen LogP contribution in [-0.4, -0.2) is 38.9 Å². The van der Waals surface area contributed by atoms with Crippen LogP contribution in [0.5, 0.6) is 0 Å². The zero-order valence-electron chi connectivity index (χ0n) is 15.1. The van der Waals surface area contributed by atoms with E-state index >= 15 is 0 Å². The topological polar surface area (TPSA) is 61.8 Å². The molecule has 0 radical (unpaired) electrons. The van der Waals surface area contributed by atoms with Gasteiger partial charge in [-0.1, -0.05) is 24.3 Å². The van der Waals surface area contributed by atoms with E-state index in [1.165, 1.54) is 14.2 Å². The van der Waals surface area contributed by atoms with Crippen LogP contribution in [0.4, 0.5) is 0 Å². The molecule has 0 aromatic rings. The number of esters is 2. The maximum Gasteiger partial charge on any atom is 0.334 e. The maximum atomic E-state index is 12.7. The number of allylic oxidation sites excluding steroid dienone is 3. The summed E-state index contributed by atoms with van der Waals surface area (Å²) >= 11 is 0. The van der Waals surface area contributed by atoms with Crippen LogP contribution in [0.15, 0.2) is 47.6 Å². The summed E-state index contributed by atoms with van der Waals surface area (Å²) in [5.41, 5.74) is 1.95. The monoisotopic (exact) mass is 356 g/mol. The highest BCUT2D eigenvalue weighted by Gasteiger charge is 2.54. The van der Waals surface area contributed by atoms with E-state index in [0.717, 1.165) is 12.0 Å². The van der Waals surface area contributed by atoms with Gasteiger partial charge in [0.1, 0.15) is 0 Å². The summed E-state index contributed by atoms with van der Waals surface area (Å²) in [6, 6.07) is 0. The fourth-order valence-corrected chi connectivity index (χ4v) is 5.43. The van der Waals surface area contributed by atoms with Crippen molar-refractivity contribution in [2.45, 2.75) is 18.9 Å². The first-order valence-corrected chi connectivity index (χ1v) is 9.11. The Bertz CT molecular complexity index is 744. The quantitative estimate of drug-likeness (QED) is 0.575. The molecule has 2 fully saturated rings. The zero-order valence-corrected chi connectivity index (χ0v) is 15.1. The van der Waals surface area contributed by atoms with Crippen LogP contribution in [0.1, 0.15) is 12.8 Å². The Morgan fingerprint density at radius 1 is 1.23 bits per heavy atom. The third-order valence-electron chi connectivity index (χ3n) is 6.49. The van der Waals surface area contributed by atoms with Crippen molar-refractivity contribution < 1.29 is 23.8 Å². The molecular formula is C21H24O5. The van der Waals surface area contributed by atoms with Gasteiger partial charge >= 0.3 is 11.9 Å². The van der Waals surface area contributed by atoms with E-state index in [-0.39, 0.29) is 17.9 Å². The van der Waals surface area contributed by atoms with Crippen LogP contribution in [-0.2, 0) is 23.8 Å². The first kappa shape index (κ1) is 17.3. The highest BCUT2D eigenvalue weighted by atomic mass is 16.5. The molecule has 1 heterocycles. The number of ether oxygens (including phenoxy) is 3. The van der Waals surface area contributed by atoms with Gasteiger partial charge in [-0.15, -0.1) is 6.58 Å². The minimum absolute atomic E-state index is 0.0573. The minimum atomic E-state index is -0.457. The molecule has 1 saturated carbocycles. The molecule has 1 saturated heterocycles. The van der Waals surface area contributed by atoms with E-state index in [4.69, 9.17) is 14.2 Å². The Labute approximate surface area is 153 Å². The Morgan fingerprint density at radius 2 is 2.00 bits per heavy atom. The first-order valence-electron chi connectivity index (χ1n) is 9.11. The first-order chi connectivity index (χ1) is 12.6.